The molecular formula is C15H7Cl4F4NO2. The van der Waals surface area contributed by atoms with Gasteiger partial charge < -0.3 is 9.47 Å². The SMILES string of the molecule is FC(Cl)=CCOc1cc(Cl)c(Oc2ncc(C(F)(F)F)cc2Cl)c(Cl)c1. The highest BCUT2D eigenvalue weighted by atomic mass is 35.5. The van der Waals surface area contributed by atoms with Crippen LogP contribution in [0.15, 0.2) is 35.8 Å². The first-order chi connectivity index (χ1) is 12.1. The van der Waals surface area contributed by atoms with Gasteiger partial charge in [0, 0.05) is 24.4 Å². The summed E-state index contributed by atoms with van der Waals surface area (Å²) in [4.78, 5) is 3.53. The van der Waals surface area contributed by atoms with Crippen LogP contribution in [-0.2, 0) is 6.18 Å². The number of ether oxygens (including phenoxy) is 2. The van der Waals surface area contributed by atoms with Crippen molar-refractivity contribution in [3.63, 3.8) is 0 Å². The fourth-order valence-electron chi connectivity index (χ4n) is 1.67. The molecule has 140 valence electrons. The molecule has 2 rings (SSSR count). The Balaban J connectivity index is 2.23. The maximum Gasteiger partial charge on any atom is 0.417 e. The zero-order chi connectivity index (χ0) is 19.5. The largest absolute Gasteiger partial charge is 0.489 e. The van der Waals surface area contributed by atoms with Crippen molar-refractivity contribution in [1.82, 2.24) is 4.98 Å². The molecule has 0 aliphatic rings. The molecule has 0 radical (unpaired) electrons. The molecule has 11 heteroatoms. The Labute approximate surface area is 165 Å². The highest BCUT2D eigenvalue weighted by molar-refractivity contribution is 6.37. The summed E-state index contributed by atoms with van der Waals surface area (Å²) in [5.74, 6) is -0.217. The summed E-state index contributed by atoms with van der Waals surface area (Å²) < 4.78 is 60.7. The van der Waals surface area contributed by atoms with Crippen LogP contribution in [0.5, 0.6) is 17.4 Å². The van der Waals surface area contributed by atoms with Crippen molar-refractivity contribution in [2.45, 2.75) is 6.18 Å². The Hall–Kier alpha value is -1.41. The molecule has 0 fully saturated rings. The third-order valence-electron chi connectivity index (χ3n) is 2.79. The lowest BCUT2D eigenvalue weighted by molar-refractivity contribution is -0.137. The molecule has 0 amide bonds. The van der Waals surface area contributed by atoms with Gasteiger partial charge in [-0.05, 0) is 6.07 Å². The first-order valence-corrected chi connectivity index (χ1v) is 8.12. The molecule has 0 saturated heterocycles. The number of hydrogen-bond acceptors (Lipinski definition) is 3. The fraction of sp³-hybridized carbons (Fsp3) is 0.133. The highest BCUT2D eigenvalue weighted by Crippen LogP contribution is 2.41. The summed E-state index contributed by atoms with van der Waals surface area (Å²) >= 11 is 22.8. The van der Waals surface area contributed by atoms with E-state index in [1.807, 2.05) is 0 Å². The summed E-state index contributed by atoms with van der Waals surface area (Å²) in [6.45, 7) is -0.172. The van der Waals surface area contributed by atoms with E-state index in [0.717, 1.165) is 6.08 Å². The number of pyridine rings is 1. The summed E-state index contributed by atoms with van der Waals surface area (Å²) in [5, 5.41) is -1.37. The maximum absolute atomic E-state index is 12.6. The average Bonchev–Trinajstić information content (AvgIpc) is 2.50. The minimum Gasteiger partial charge on any atom is -0.489 e. The summed E-state index contributed by atoms with van der Waals surface area (Å²) in [5.41, 5.74) is -1.03. The molecule has 0 N–H and O–H groups in total. The van der Waals surface area contributed by atoms with Crippen molar-refractivity contribution in [2.75, 3.05) is 6.61 Å². The van der Waals surface area contributed by atoms with Gasteiger partial charge in [0.2, 0.25) is 5.88 Å². The van der Waals surface area contributed by atoms with E-state index < -0.39 is 17.0 Å². The van der Waals surface area contributed by atoms with Crippen molar-refractivity contribution < 1.29 is 27.0 Å². The van der Waals surface area contributed by atoms with Crippen molar-refractivity contribution in [2.24, 2.45) is 0 Å². The van der Waals surface area contributed by atoms with Crippen molar-refractivity contribution >= 4 is 46.4 Å². The lowest BCUT2D eigenvalue weighted by atomic mass is 10.3. The third kappa shape index (κ3) is 5.54. The number of rotatable bonds is 5. The van der Waals surface area contributed by atoms with Crippen molar-refractivity contribution in [3.05, 3.63) is 56.4 Å². The van der Waals surface area contributed by atoms with Gasteiger partial charge in [-0.3, -0.25) is 0 Å². The summed E-state index contributed by atoms with van der Waals surface area (Å²) in [6, 6.07) is 3.28. The normalized spacial score (nSPS) is 12.2. The van der Waals surface area contributed by atoms with Crippen LogP contribution in [0.25, 0.3) is 0 Å². The molecule has 0 bridgehead atoms. The van der Waals surface area contributed by atoms with E-state index in [0.29, 0.717) is 12.3 Å². The molecule has 0 aliphatic heterocycles. The molecule has 1 aromatic heterocycles. The monoisotopic (exact) mass is 449 g/mol. The van der Waals surface area contributed by atoms with E-state index in [4.69, 9.17) is 55.9 Å². The Bertz CT molecular complexity index is 816. The van der Waals surface area contributed by atoms with E-state index in [-0.39, 0.29) is 39.1 Å². The first-order valence-electron chi connectivity index (χ1n) is 6.61. The molecule has 0 atom stereocenters. The van der Waals surface area contributed by atoms with Gasteiger partial charge in [0.1, 0.15) is 17.4 Å². The van der Waals surface area contributed by atoms with Crippen LogP contribution in [-0.4, -0.2) is 11.6 Å². The molecular weight excluding hydrogens is 444 g/mol. The second-order valence-corrected chi connectivity index (χ2v) is 6.21. The Morgan fingerprint density at radius 1 is 1.08 bits per heavy atom. The second kappa shape index (κ2) is 8.52. The maximum atomic E-state index is 12.6. The van der Waals surface area contributed by atoms with Crippen LogP contribution < -0.4 is 9.47 Å². The van der Waals surface area contributed by atoms with Crippen LogP contribution in [0.4, 0.5) is 17.6 Å². The molecule has 1 aromatic carbocycles. The van der Waals surface area contributed by atoms with Gasteiger partial charge >= 0.3 is 6.18 Å². The van der Waals surface area contributed by atoms with Gasteiger partial charge in [0.05, 0.1) is 15.6 Å². The third-order valence-corrected chi connectivity index (χ3v) is 3.78. The molecule has 3 nitrogen and oxygen atoms in total. The van der Waals surface area contributed by atoms with Crippen LogP contribution >= 0.6 is 46.4 Å². The zero-order valence-electron chi connectivity index (χ0n) is 12.4. The predicted octanol–water partition coefficient (Wildman–Crippen LogP) is 7.28. The van der Waals surface area contributed by atoms with Gasteiger partial charge in [-0.1, -0.05) is 46.4 Å². The van der Waals surface area contributed by atoms with Crippen LogP contribution in [0.3, 0.4) is 0 Å². The molecule has 0 unspecified atom stereocenters. The summed E-state index contributed by atoms with van der Waals surface area (Å²) in [7, 11) is 0. The van der Waals surface area contributed by atoms with Crippen LogP contribution in [0.2, 0.25) is 15.1 Å². The van der Waals surface area contributed by atoms with Crippen molar-refractivity contribution in [3.8, 4) is 17.4 Å². The Morgan fingerprint density at radius 2 is 1.69 bits per heavy atom. The first kappa shape index (κ1) is 20.9. The van der Waals surface area contributed by atoms with Crippen molar-refractivity contribution in [1.29, 1.82) is 0 Å². The lowest BCUT2D eigenvalue weighted by Crippen LogP contribution is -2.06. The smallest absolute Gasteiger partial charge is 0.417 e. The average molecular weight is 451 g/mol. The number of aromatic nitrogens is 1. The van der Waals surface area contributed by atoms with E-state index in [1.165, 1.54) is 12.1 Å². The van der Waals surface area contributed by atoms with Crippen LogP contribution in [0, 0.1) is 0 Å². The standard InChI is InChI=1S/C15H7Cl4F4NO2/c16-9-4-8(25-2-1-12(19)20)5-10(17)13(9)26-14-11(18)3-7(6-24-14)15(21,22)23/h1,3-6H,2H2. The lowest BCUT2D eigenvalue weighted by Gasteiger charge is -2.13. The van der Waals surface area contributed by atoms with Gasteiger partial charge in [-0.15, -0.1) is 0 Å². The molecule has 0 saturated carbocycles. The minimum atomic E-state index is -4.60. The quantitative estimate of drug-likeness (QED) is 0.448. The number of benzene rings is 1. The minimum absolute atomic E-state index is 0.0272. The zero-order valence-corrected chi connectivity index (χ0v) is 15.4. The van der Waals surface area contributed by atoms with Gasteiger partial charge in [-0.25, -0.2) is 4.98 Å². The molecule has 1 heterocycles. The fourth-order valence-corrected chi connectivity index (χ4v) is 2.48. The molecule has 0 spiro atoms. The number of hydrogen-bond donors (Lipinski definition) is 0. The second-order valence-electron chi connectivity index (χ2n) is 4.63. The van der Waals surface area contributed by atoms with E-state index in [9.17, 15) is 17.6 Å². The number of nitrogens with zero attached hydrogens (tertiary/aromatic N) is 1. The number of halogens is 8. The Kier molecular flexibility index (Phi) is 6.85. The topological polar surface area (TPSA) is 31.4 Å². The molecule has 2 aromatic rings. The van der Waals surface area contributed by atoms with E-state index in [1.54, 1.807) is 0 Å². The Morgan fingerprint density at radius 3 is 2.19 bits per heavy atom. The van der Waals surface area contributed by atoms with Crippen LogP contribution in [0.1, 0.15) is 5.56 Å². The van der Waals surface area contributed by atoms with Gasteiger partial charge in [0.25, 0.3) is 0 Å². The van der Waals surface area contributed by atoms with Gasteiger partial charge in [-0.2, -0.15) is 17.6 Å². The van der Waals surface area contributed by atoms with E-state index >= 15 is 0 Å². The van der Waals surface area contributed by atoms with E-state index in [2.05, 4.69) is 4.98 Å². The van der Waals surface area contributed by atoms with Gasteiger partial charge in [0.15, 0.2) is 11.0 Å². The molecule has 26 heavy (non-hydrogen) atoms. The molecule has 0 aliphatic carbocycles. The summed E-state index contributed by atoms with van der Waals surface area (Å²) in [6.07, 6.45) is -3.06. The predicted molar refractivity (Wildman–Crippen MR) is 91.3 cm³/mol. The highest BCUT2D eigenvalue weighted by Gasteiger charge is 2.32. The number of alkyl halides is 3.